The predicted molar refractivity (Wildman–Crippen MR) is 97.5 cm³/mol. The Kier molecular flexibility index (Phi) is 4.38. The molecule has 1 heterocycles. The smallest absolute Gasteiger partial charge is 0.422 e. The Bertz CT molecular complexity index is 1160. The molecule has 142 valence electrons. The molecule has 0 atom stereocenters. The van der Waals surface area contributed by atoms with E-state index in [4.69, 9.17) is 9.26 Å². The van der Waals surface area contributed by atoms with Crippen LogP contribution in [0.1, 0.15) is 10.4 Å². The minimum atomic E-state index is -4.49. The van der Waals surface area contributed by atoms with Crippen LogP contribution < -0.4 is 10.1 Å². The number of carbonyl (C=O) groups is 1. The van der Waals surface area contributed by atoms with Crippen molar-refractivity contribution >= 4 is 33.5 Å². The second kappa shape index (κ2) is 6.88. The zero-order valence-electron chi connectivity index (χ0n) is 14.3. The van der Waals surface area contributed by atoms with Gasteiger partial charge in [0.05, 0.1) is 0 Å². The number of alkyl halides is 3. The molecule has 8 heteroatoms. The summed E-state index contributed by atoms with van der Waals surface area (Å²) < 4.78 is 47.5. The summed E-state index contributed by atoms with van der Waals surface area (Å²) in [6, 6.07) is 17.0. The van der Waals surface area contributed by atoms with Crippen molar-refractivity contribution in [1.29, 1.82) is 0 Å². The van der Waals surface area contributed by atoms with Gasteiger partial charge in [-0.2, -0.15) is 13.2 Å². The fourth-order valence-electron chi connectivity index (χ4n) is 2.92. The number of halogens is 3. The number of hydrogen-bond donors (Lipinski definition) is 1. The van der Waals surface area contributed by atoms with E-state index in [9.17, 15) is 18.0 Å². The van der Waals surface area contributed by atoms with Gasteiger partial charge < -0.3 is 14.6 Å². The van der Waals surface area contributed by atoms with Gasteiger partial charge in [0, 0.05) is 5.56 Å². The fraction of sp³-hybridized carbons (Fsp3) is 0.100. The van der Waals surface area contributed by atoms with Crippen molar-refractivity contribution in [3.8, 4) is 5.75 Å². The normalized spacial score (nSPS) is 11.7. The lowest BCUT2D eigenvalue weighted by atomic mass is 10.0. The van der Waals surface area contributed by atoms with E-state index in [-0.39, 0.29) is 22.5 Å². The van der Waals surface area contributed by atoms with E-state index in [1.165, 1.54) is 18.2 Å². The highest BCUT2D eigenvalue weighted by atomic mass is 19.4. The van der Waals surface area contributed by atoms with E-state index in [0.29, 0.717) is 5.56 Å². The molecule has 0 radical (unpaired) electrons. The highest BCUT2D eigenvalue weighted by molar-refractivity contribution is 6.14. The van der Waals surface area contributed by atoms with Crippen LogP contribution in [0.15, 0.2) is 65.2 Å². The van der Waals surface area contributed by atoms with Crippen molar-refractivity contribution in [3.05, 3.63) is 66.2 Å². The van der Waals surface area contributed by atoms with Crippen LogP contribution >= 0.6 is 0 Å². The highest BCUT2D eigenvalue weighted by Gasteiger charge is 2.29. The van der Waals surface area contributed by atoms with Crippen LogP contribution in [0.4, 0.5) is 19.0 Å². The molecular formula is C20H13F3N2O3. The summed E-state index contributed by atoms with van der Waals surface area (Å²) >= 11 is 0. The lowest BCUT2D eigenvalue weighted by Crippen LogP contribution is -2.19. The first-order valence-electron chi connectivity index (χ1n) is 8.29. The van der Waals surface area contributed by atoms with Gasteiger partial charge >= 0.3 is 6.18 Å². The largest absolute Gasteiger partial charge is 0.483 e. The average Bonchev–Trinajstić information content (AvgIpc) is 3.08. The van der Waals surface area contributed by atoms with Crippen molar-refractivity contribution in [2.45, 2.75) is 6.18 Å². The molecular weight excluding hydrogens is 373 g/mol. The molecule has 0 aliphatic rings. The number of ether oxygens (including phenoxy) is 1. The number of benzene rings is 3. The molecule has 1 amide bonds. The minimum Gasteiger partial charge on any atom is -0.483 e. The van der Waals surface area contributed by atoms with Gasteiger partial charge in [0.1, 0.15) is 11.1 Å². The third-order valence-corrected chi connectivity index (χ3v) is 4.12. The zero-order chi connectivity index (χ0) is 19.7. The average molecular weight is 386 g/mol. The lowest BCUT2D eigenvalue weighted by Gasteiger charge is -2.10. The van der Waals surface area contributed by atoms with Gasteiger partial charge in [-0.1, -0.05) is 47.6 Å². The number of nitrogens with one attached hydrogen (secondary N) is 1. The quantitative estimate of drug-likeness (QED) is 0.525. The SMILES string of the molecule is O=C(Nc1noc2cccc(OCC(F)(F)F)c12)c1cccc2ccccc12. The Morgan fingerprint density at radius 3 is 2.61 bits per heavy atom. The number of carbonyl (C=O) groups excluding carboxylic acids is 1. The summed E-state index contributed by atoms with van der Waals surface area (Å²) in [5.74, 6) is -0.548. The number of fused-ring (bicyclic) bond motifs is 2. The van der Waals surface area contributed by atoms with Crippen molar-refractivity contribution in [3.63, 3.8) is 0 Å². The summed E-state index contributed by atoms with van der Waals surface area (Å²) in [4.78, 5) is 12.8. The maximum atomic E-state index is 12.8. The van der Waals surface area contributed by atoms with Crippen LogP contribution in [0.25, 0.3) is 21.7 Å². The number of aromatic nitrogens is 1. The Morgan fingerprint density at radius 2 is 1.79 bits per heavy atom. The van der Waals surface area contributed by atoms with Gasteiger partial charge in [0.2, 0.25) is 0 Å². The molecule has 1 N–H and O–H groups in total. The Hall–Kier alpha value is -3.55. The summed E-state index contributed by atoms with van der Waals surface area (Å²) in [5.41, 5.74) is 0.607. The van der Waals surface area contributed by atoms with Gasteiger partial charge in [-0.3, -0.25) is 4.79 Å². The number of nitrogens with zero attached hydrogens (tertiary/aromatic N) is 1. The molecule has 0 spiro atoms. The maximum Gasteiger partial charge on any atom is 0.422 e. The molecule has 3 aromatic carbocycles. The van der Waals surface area contributed by atoms with Crippen molar-refractivity contribution in [2.24, 2.45) is 0 Å². The second-order valence-corrected chi connectivity index (χ2v) is 6.05. The highest BCUT2D eigenvalue weighted by Crippen LogP contribution is 2.33. The molecule has 0 fully saturated rings. The Balaban J connectivity index is 1.69. The first-order chi connectivity index (χ1) is 13.4. The second-order valence-electron chi connectivity index (χ2n) is 6.05. The van der Waals surface area contributed by atoms with Crippen LogP contribution in [0.5, 0.6) is 5.75 Å². The van der Waals surface area contributed by atoms with Crippen LogP contribution in [0.2, 0.25) is 0 Å². The van der Waals surface area contributed by atoms with Crippen LogP contribution in [0.3, 0.4) is 0 Å². The Labute approximate surface area is 156 Å². The summed E-state index contributed by atoms with van der Waals surface area (Å²) in [6.07, 6.45) is -4.49. The van der Waals surface area contributed by atoms with Gasteiger partial charge in [0.25, 0.3) is 5.91 Å². The summed E-state index contributed by atoms with van der Waals surface area (Å²) in [6.45, 7) is -1.46. The minimum absolute atomic E-state index is 0.00860. The monoisotopic (exact) mass is 386 g/mol. The predicted octanol–water partition coefficient (Wildman–Crippen LogP) is 5.17. The molecule has 0 aliphatic carbocycles. The molecule has 28 heavy (non-hydrogen) atoms. The lowest BCUT2D eigenvalue weighted by molar-refractivity contribution is -0.153. The van der Waals surface area contributed by atoms with E-state index in [0.717, 1.165) is 10.8 Å². The number of rotatable bonds is 4. The molecule has 1 aromatic heterocycles. The van der Waals surface area contributed by atoms with E-state index >= 15 is 0 Å². The van der Waals surface area contributed by atoms with Crippen LogP contribution in [-0.2, 0) is 0 Å². The molecule has 0 aliphatic heterocycles. The first kappa shape index (κ1) is 17.8. The standard InChI is InChI=1S/C20H13F3N2O3/c21-20(22,23)11-27-15-9-4-10-16-17(15)18(25-28-16)24-19(26)14-8-3-6-12-5-1-2-7-13(12)14/h1-10H,11H2,(H,24,25,26). The fourth-order valence-corrected chi connectivity index (χ4v) is 2.92. The number of anilines is 1. The third kappa shape index (κ3) is 3.48. The first-order valence-corrected chi connectivity index (χ1v) is 8.29. The number of amides is 1. The molecule has 4 aromatic rings. The molecule has 0 unspecified atom stereocenters. The van der Waals surface area contributed by atoms with Crippen molar-refractivity contribution in [2.75, 3.05) is 11.9 Å². The molecule has 0 bridgehead atoms. The number of hydrogen-bond acceptors (Lipinski definition) is 4. The van der Waals surface area contributed by atoms with E-state index in [1.807, 2.05) is 30.3 Å². The van der Waals surface area contributed by atoms with Gasteiger partial charge in [-0.25, -0.2) is 0 Å². The maximum absolute atomic E-state index is 12.8. The topological polar surface area (TPSA) is 64.4 Å². The molecule has 0 saturated heterocycles. The van der Waals surface area contributed by atoms with Crippen molar-refractivity contribution < 1.29 is 27.2 Å². The Morgan fingerprint density at radius 1 is 1.04 bits per heavy atom. The van der Waals surface area contributed by atoms with E-state index in [2.05, 4.69) is 10.5 Å². The van der Waals surface area contributed by atoms with E-state index < -0.39 is 18.7 Å². The summed E-state index contributed by atoms with van der Waals surface area (Å²) in [7, 11) is 0. The van der Waals surface area contributed by atoms with Crippen LogP contribution in [-0.4, -0.2) is 23.8 Å². The van der Waals surface area contributed by atoms with Crippen LogP contribution in [0, 0.1) is 0 Å². The zero-order valence-corrected chi connectivity index (χ0v) is 14.3. The van der Waals surface area contributed by atoms with Gasteiger partial charge in [-0.15, -0.1) is 0 Å². The third-order valence-electron chi connectivity index (χ3n) is 4.12. The summed E-state index contributed by atoms with van der Waals surface area (Å²) in [5, 5.41) is 8.17. The molecule has 0 saturated carbocycles. The van der Waals surface area contributed by atoms with E-state index in [1.54, 1.807) is 12.1 Å². The molecule has 4 rings (SSSR count). The molecule has 5 nitrogen and oxygen atoms in total. The van der Waals surface area contributed by atoms with Crippen molar-refractivity contribution in [1.82, 2.24) is 5.16 Å². The van der Waals surface area contributed by atoms with Gasteiger partial charge in [0.15, 0.2) is 18.0 Å². The van der Waals surface area contributed by atoms with Gasteiger partial charge in [-0.05, 0) is 29.0 Å².